The molecule has 0 aliphatic carbocycles. The molecule has 0 bridgehead atoms. The van der Waals surface area contributed by atoms with Gasteiger partial charge in [-0.2, -0.15) is 11.8 Å². The molecule has 1 fully saturated rings. The van der Waals surface area contributed by atoms with Gasteiger partial charge >= 0.3 is 0 Å². The zero-order valence-corrected chi connectivity index (χ0v) is 5.71. The third-order valence-corrected chi connectivity index (χ3v) is 2.45. The summed E-state index contributed by atoms with van der Waals surface area (Å²) >= 11 is 1.98. The molecule has 1 N–H and O–H groups in total. The van der Waals surface area contributed by atoms with Gasteiger partial charge in [-0.05, 0) is 0 Å². The Morgan fingerprint density at radius 1 is 1.75 bits per heavy atom. The molecule has 0 aromatic carbocycles. The molecule has 8 heavy (non-hydrogen) atoms. The third kappa shape index (κ3) is 1.53. The van der Waals surface area contributed by atoms with E-state index in [1.54, 1.807) is 0 Å². The average Bonchev–Trinajstić information content (AvgIpc) is 1.90. The minimum Gasteiger partial charge on any atom is -0.314 e. The van der Waals surface area contributed by atoms with Gasteiger partial charge in [-0.15, -0.1) is 6.58 Å². The first-order valence-electron chi connectivity index (χ1n) is 2.88. The predicted molar refractivity (Wildman–Crippen MR) is 39.3 cm³/mol. The Hall–Kier alpha value is 0.0500. The van der Waals surface area contributed by atoms with Gasteiger partial charge in [-0.3, -0.25) is 0 Å². The van der Waals surface area contributed by atoms with Gasteiger partial charge in [0.1, 0.15) is 0 Å². The third-order valence-electron chi connectivity index (χ3n) is 1.22. The van der Waals surface area contributed by atoms with Crippen molar-refractivity contribution in [3.63, 3.8) is 0 Å². The fourth-order valence-electron chi connectivity index (χ4n) is 0.737. The van der Waals surface area contributed by atoms with Gasteiger partial charge in [0.15, 0.2) is 0 Å². The molecule has 1 aliphatic heterocycles. The first kappa shape index (κ1) is 6.17. The Kier molecular flexibility index (Phi) is 2.43. The van der Waals surface area contributed by atoms with E-state index in [-0.39, 0.29) is 0 Å². The minimum atomic E-state index is 0.656. The van der Waals surface area contributed by atoms with E-state index in [0.29, 0.717) is 5.25 Å². The topological polar surface area (TPSA) is 12.0 Å². The quantitative estimate of drug-likeness (QED) is 0.527. The maximum absolute atomic E-state index is 3.72. The molecule has 1 nitrogen and oxygen atoms in total. The summed E-state index contributed by atoms with van der Waals surface area (Å²) in [7, 11) is 0. The first-order chi connectivity index (χ1) is 3.93. The number of rotatable bonds is 1. The second-order valence-electron chi connectivity index (χ2n) is 1.85. The van der Waals surface area contributed by atoms with Gasteiger partial charge in [-0.1, -0.05) is 6.08 Å². The lowest BCUT2D eigenvalue weighted by molar-refractivity contribution is 0.718. The monoisotopic (exact) mass is 129 g/mol. The van der Waals surface area contributed by atoms with E-state index in [1.807, 2.05) is 17.8 Å². The molecule has 0 saturated carbocycles. The molecule has 2 heteroatoms. The van der Waals surface area contributed by atoms with Crippen LogP contribution in [0.15, 0.2) is 12.7 Å². The van der Waals surface area contributed by atoms with Crippen molar-refractivity contribution < 1.29 is 0 Å². The summed E-state index contributed by atoms with van der Waals surface area (Å²) in [4.78, 5) is 0. The molecule has 46 valence electrons. The zero-order valence-electron chi connectivity index (χ0n) is 4.89. The van der Waals surface area contributed by atoms with Gasteiger partial charge in [0, 0.05) is 24.1 Å². The van der Waals surface area contributed by atoms with Crippen LogP contribution in [0.4, 0.5) is 0 Å². The summed E-state index contributed by atoms with van der Waals surface area (Å²) in [5.41, 5.74) is 0. The molecular formula is C6H11NS. The smallest absolute Gasteiger partial charge is 0.0349 e. The van der Waals surface area contributed by atoms with Crippen LogP contribution in [-0.4, -0.2) is 24.1 Å². The highest BCUT2D eigenvalue weighted by molar-refractivity contribution is 8.00. The maximum Gasteiger partial charge on any atom is 0.0349 e. The second-order valence-corrected chi connectivity index (χ2v) is 3.20. The van der Waals surface area contributed by atoms with Crippen LogP contribution in [0.3, 0.4) is 0 Å². The number of hydrogen-bond donors (Lipinski definition) is 1. The Labute approximate surface area is 54.5 Å². The van der Waals surface area contributed by atoms with E-state index in [1.165, 1.54) is 5.75 Å². The molecule has 1 heterocycles. The van der Waals surface area contributed by atoms with E-state index < -0.39 is 0 Å². The van der Waals surface area contributed by atoms with Gasteiger partial charge in [0.2, 0.25) is 0 Å². The van der Waals surface area contributed by atoms with Gasteiger partial charge in [0.25, 0.3) is 0 Å². The molecular weight excluding hydrogens is 118 g/mol. The molecule has 1 atom stereocenters. The highest BCUT2D eigenvalue weighted by Crippen LogP contribution is 2.12. The SMILES string of the molecule is C=CC1CNCCS1. The number of hydrogen-bond acceptors (Lipinski definition) is 2. The summed E-state index contributed by atoms with van der Waals surface area (Å²) in [5.74, 6) is 1.23. The molecule has 0 aromatic rings. The molecule has 0 amide bonds. The Morgan fingerprint density at radius 2 is 2.62 bits per heavy atom. The van der Waals surface area contributed by atoms with Gasteiger partial charge < -0.3 is 5.32 Å². The highest BCUT2D eigenvalue weighted by Gasteiger charge is 2.07. The fourth-order valence-corrected chi connectivity index (χ4v) is 1.67. The van der Waals surface area contributed by atoms with Crippen molar-refractivity contribution in [1.29, 1.82) is 0 Å². The lowest BCUT2D eigenvalue weighted by Gasteiger charge is -2.18. The van der Waals surface area contributed by atoms with Crippen molar-refractivity contribution >= 4 is 11.8 Å². The molecule has 0 spiro atoms. The van der Waals surface area contributed by atoms with Crippen LogP contribution in [-0.2, 0) is 0 Å². The number of nitrogens with one attached hydrogen (secondary N) is 1. The summed E-state index contributed by atoms with van der Waals surface area (Å²) in [6, 6.07) is 0. The summed E-state index contributed by atoms with van der Waals surface area (Å²) in [5, 5.41) is 3.95. The van der Waals surface area contributed by atoms with Crippen molar-refractivity contribution in [3.8, 4) is 0 Å². The molecule has 0 radical (unpaired) electrons. The van der Waals surface area contributed by atoms with Crippen LogP contribution in [0.2, 0.25) is 0 Å². The Balaban J connectivity index is 2.22. The van der Waals surface area contributed by atoms with Gasteiger partial charge in [-0.25, -0.2) is 0 Å². The Morgan fingerprint density at radius 3 is 3.00 bits per heavy atom. The Bertz CT molecular complexity index is 76.6. The second kappa shape index (κ2) is 3.15. The first-order valence-corrected chi connectivity index (χ1v) is 3.93. The highest BCUT2D eigenvalue weighted by atomic mass is 32.2. The fraction of sp³-hybridized carbons (Fsp3) is 0.667. The molecule has 1 unspecified atom stereocenters. The van der Waals surface area contributed by atoms with Gasteiger partial charge in [0.05, 0.1) is 0 Å². The van der Waals surface area contributed by atoms with E-state index in [2.05, 4.69) is 11.9 Å². The van der Waals surface area contributed by atoms with Crippen molar-refractivity contribution in [1.82, 2.24) is 5.32 Å². The largest absolute Gasteiger partial charge is 0.314 e. The lowest BCUT2D eigenvalue weighted by Crippen LogP contribution is -2.31. The average molecular weight is 129 g/mol. The van der Waals surface area contributed by atoms with Crippen LogP contribution in [0.25, 0.3) is 0 Å². The summed E-state index contributed by atoms with van der Waals surface area (Å²) < 4.78 is 0. The van der Waals surface area contributed by atoms with Crippen molar-refractivity contribution in [2.75, 3.05) is 18.8 Å². The summed E-state index contributed by atoms with van der Waals surface area (Å²) in [6.07, 6.45) is 2.01. The van der Waals surface area contributed by atoms with Crippen molar-refractivity contribution in [2.24, 2.45) is 0 Å². The van der Waals surface area contributed by atoms with Crippen LogP contribution >= 0.6 is 11.8 Å². The van der Waals surface area contributed by atoms with E-state index in [9.17, 15) is 0 Å². The minimum absolute atomic E-state index is 0.656. The van der Waals surface area contributed by atoms with Crippen LogP contribution < -0.4 is 5.32 Å². The normalized spacial score (nSPS) is 29.8. The maximum atomic E-state index is 3.72. The van der Waals surface area contributed by atoms with E-state index >= 15 is 0 Å². The lowest BCUT2D eigenvalue weighted by atomic mass is 10.4. The summed E-state index contributed by atoms with van der Waals surface area (Å²) in [6.45, 7) is 5.99. The molecule has 0 aromatic heterocycles. The van der Waals surface area contributed by atoms with Crippen molar-refractivity contribution in [3.05, 3.63) is 12.7 Å². The molecule has 1 rings (SSSR count). The standard InChI is InChI=1S/C6H11NS/c1-2-6-5-7-3-4-8-6/h2,6-7H,1,3-5H2. The molecule has 1 saturated heterocycles. The van der Waals surface area contributed by atoms with E-state index in [4.69, 9.17) is 0 Å². The number of thioether (sulfide) groups is 1. The van der Waals surface area contributed by atoms with Crippen LogP contribution in [0.5, 0.6) is 0 Å². The van der Waals surface area contributed by atoms with E-state index in [0.717, 1.165) is 13.1 Å². The molecule has 1 aliphatic rings. The zero-order chi connectivity index (χ0) is 5.82. The van der Waals surface area contributed by atoms with Crippen LogP contribution in [0, 0.1) is 0 Å². The predicted octanol–water partition coefficient (Wildman–Crippen LogP) is 0.877. The van der Waals surface area contributed by atoms with Crippen molar-refractivity contribution in [2.45, 2.75) is 5.25 Å². The van der Waals surface area contributed by atoms with Crippen LogP contribution in [0.1, 0.15) is 0 Å².